The number of halogens is 1. The van der Waals surface area contributed by atoms with Crippen LogP contribution >= 0.6 is 15.9 Å². The molecule has 9 nitrogen and oxygen atoms in total. The molecule has 12 heteroatoms. The zero-order valence-electron chi connectivity index (χ0n) is 18.7. The quantitative estimate of drug-likeness (QED) is 0.247. The number of hydrogen-bond donors (Lipinski definition) is 1. The summed E-state index contributed by atoms with van der Waals surface area (Å²) in [5.74, 6) is 0. The summed E-state index contributed by atoms with van der Waals surface area (Å²) in [4.78, 5) is 10.6. The van der Waals surface area contributed by atoms with Crippen molar-refractivity contribution < 1.29 is 16.8 Å². The van der Waals surface area contributed by atoms with Crippen molar-refractivity contribution in [3.63, 3.8) is 0 Å². The van der Waals surface area contributed by atoms with Gasteiger partial charge in [-0.2, -0.15) is 0 Å². The van der Waals surface area contributed by atoms with Crippen molar-refractivity contribution in [2.24, 2.45) is 5.18 Å². The second-order valence-corrected chi connectivity index (χ2v) is 12.2. The number of sulfone groups is 1. The van der Waals surface area contributed by atoms with Gasteiger partial charge in [0, 0.05) is 23.2 Å². The third kappa shape index (κ3) is 6.14. The Morgan fingerprint density at radius 3 is 2.29 bits per heavy atom. The molecule has 186 valence electrons. The molecule has 0 saturated carbocycles. The minimum atomic E-state index is -4.13. The first-order chi connectivity index (χ1) is 16.6. The van der Waals surface area contributed by atoms with Gasteiger partial charge < -0.3 is 10.3 Å². The molecule has 0 spiro atoms. The lowest BCUT2D eigenvalue weighted by molar-refractivity contribution is 0.563. The van der Waals surface area contributed by atoms with Gasteiger partial charge >= 0.3 is 0 Å². The van der Waals surface area contributed by atoms with Gasteiger partial charge in [-0.15, -0.1) is 4.91 Å². The van der Waals surface area contributed by atoms with E-state index in [0.29, 0.717) is 15.1 Å². The van der Waals surface area contributed by atoms with Gasteiger partial charge in [0.1, 0.15) is 10.6 Å². The van der Waals surface area contributed by atoms with E-state index in [-0.39, 0.29) is 40.7 Å². The molecule has 0 heterocycles. The maximum atomic E-state index is 13.8. The van der Waals surface area contributed by atoms with Crippen LogP contribution in [0.15, 0.2) is 92.2 Å². The summed E-state index contributed by atoms with van der Waals surface area (Å²) in [5.41, 5.74) is 0.194. The minimum absolute atomic E-state index is 0.0153. The number of hydroxylamine groups is 1. The first kappa shape index (κ1) is 27.0. The standard InChI is InChI=1S/C23H23BrN3O6S2/c1-2-27(29)20-11-4-6-13-23(20)34(30,31)21(17-8-7-9-18(24)16-17)14-15-25-35(32,33)22-12-5-3-10-19(22)26-28/h3-13,16,21,25H,2,14-15H2,1H3/q-1. The van der Waals surface area contributed by atoms with Crippen molar-refractivity contribution >= 4 is 47.2 Å². The molecule has 1 N–H and O–H groups in total. The topological polar surface area (TPSA) is 136 Å². The van der Waals surface area contributed by atoms with E-state index in [2.05, 4.69) is 25.8 Å². The van der Waals surface area contributed by atoms with Crippen LogP contribution in [0.1, 0.15) is 24.2 Å². The van der Waals surface area contributed by atoms with E-state index in [1.165, 1.54) is 42.5 Å². The summed E-state index contributed by atoms with van der Waals surface area (Å²) in [5, 5.41) is 14.6. The molecular weight excluding hydrogens is 558 g/mol. The molecular formula is C23H23BrN3O6S2-. The Morgan fingerprint density at radius 2 is 1.63 bits per heavy atom. The van der Waals surface area contributed by atoms with E-state index in [0.717, 1.165) is 0 Å². The van der Waals surface area contributed by atoms with E-state index in [9.17, 15) is 26.9 Å². The molecule has 0 aromatic heterocycles. The predicted octanol–water partition coefficient (Wildman–Crippen LogP) is 5.05. The number of nitrogens with one attached hydrogen (secondary N) is 1. The third-order valence-corrected chi connectivity index (χ3v) is 9.49. The molecule has 0 bridgehead atoms. The van der Waals surface area contributed by atoms with E-state index >= 15 is 0 Å². The van der Waals surface area contributed by atoms with E-state index in [1.807, 2.05) is 0 Å². The van der Waals surface area contributed by atoms with Gasteiger partial charge in [0.2, 0.25) is 10.0 Å². The van der Waals surface area contributed by atoms with E-state index in [1.54, 1.807) is 37.3 Å². The van der Waals surface area contributed by atoms with Crippen LogP contribution in [0.4, 0.5) is 11.4 Å². The summed E-state index contributed by atoms with van der Waals surface area (Å²) in [7, 11) is -8.25. The highest BCUT2D eigenvalue weighted by Crippen LogP contribution is 2.37. The van der Waals surface area contributed by atoms with Crippen molar-refractivity contribution in [2.75, 3.05) is 18.2 Å². The average Bonchev–Trinajstić information content (AvgIpc) is 2.85. The van der Waals surface area contributed by atoms with Gasteiger partial charge in [-0.05, 0) is 60.5 Å². The maximum Gasteiger partial charge on any atom is 0.242 e. The fraction of sp³-hybridized carbons (Fsp3) is 0.217. The lowest BCUT2D eigenvalue weighted by Gasteiger charge is -2.32. The van der Waals surface area contributed by atoms with E-state index < -0.39 is 25.1 Å². The fourth-order valence-electron chi connectivity index (χ4n) is 3.60. The Balaban J connectivity index is 1.97. The Morgan fingerprint density at radius 1 is 0.971 bits per heavy atom. The van der Waals surface area contributed by atoms with Crippen LogP contribution in [-0.4, -0.2) is 29.9 Å². The van der Waals surface area contributed by atoms with Crippen molar-refractivity contribution in [3.8, 4) is 0 Å². The van der Waals surface area contributed by atoms with Crippen LogP contribution in [0.3, 0.4) is 0 Å². The van der Waals surface area contributed by atoms with Gasteiger partial charge in [-0.1, -0.05) is 52.3 Å². The molecule has 0 aliphatic carbocycles. The highest BCUT2D eigenvalue weighted by molar-refractivity contribution is 9.10. The first-order valence-electron chi connectivity index (χ1n) is 10.6. The summed E-state index contributed by atoms with van der Waals surface area (Å²) < 4.78 is 56.1. The predicted molar refractivity (Wildman–Crippen MR) is 139 cm³/mol. The lowest BCUT2D eigenvalue weighted by atomic mass is 10.1. The highest BCUT2D eigenvalue weighted by atomic mass is 79.9. The highest BCUT2D eigenvalue weighted by Gasteiger charge is 2.32. The van der Waals surface area contributed by atoms with Gasteiger partial charge in [0.25, 0.3) is 0 Å². The summed E-state index contributed by atoms with van der Waals surface area (Å²) in [6.07, 6.45) is -0.131. The minimum Gasteiger partial charge on any atom is -0.758 e. The van der Waals surface area contributed by atoms with Crippen molar-refractivity contribution in [2.45, 2.75) is 28.4 Å². The largest absolute Gasteiger partial charge is 0.758 e. The van der Waals surface area contributed by atoms with Crippen LogP contribution in [0, 0.1) is 10.1 Å². The number of nitroso groups, excluding NO2 is 1. The van der Waals surface area contributed by atoms with Gasteiger partial charge in [0.05, 0.1) is 10.1 Å². The molecule has 0 radical (unpaired) electrons. The summed E-state index contributed by atoms with van der Waals surface area (Å²) in [6.45, 7) is 1.42. The Kier molecular flexibility index (Phi) is 8.78. The van der Waals surface area contributed by atoms with Crippen LogP contribution in [0.5, 0.6) is 0 Å². The van der Waals surface area contributed by atoms with Gasteiger partial charge in [-0.25, -0.2) is 21.6 Å². The Hall–Kier alpha value is -2.64. The number of sulfonamides is 1. The number of anilines is 1. The van der Waals surface area contributed by atoms with Crippen LogP contribution in [0.25, 0.3) is 0 Å². The van der Waals surface area contributed by atoms with Crippen molar-refractivity contribution in [3.05, 3.63) is 92.9 Å². The first-order valence-corrected chi connectivity index (χ1v) is 14.4. The smallest absolute Gasteiger partial charge is 0.242 e. The van der Waals surface area contributed by atoms with Crippen LogP contribution in [-0.2, 0) is 19.9 Å². The second kappa shape index (κ2) is 11.4. The van der Waals surface area contributed by atoms with E-state index in [4.69, 9.17) is 0 Å². The number of nitrogens with zero attached hydrogens (tertiary/aromatic N) is 2. The summed E-state index contributed by atoms with van der Waals surface area (Å²) in [6, 6.07) is 18.1. The number of para-hydroxylation sites is 1. The zero-order chi connectivity index (χ0) is 25.6. The monoisotopic (exact) mass is 580 g/mol. The Bertz CT molecular complexity index is 1410. The lowest BCUT2D eigenvalue weighted by Crippen LogP contribution is -2.28. The molecule has 0 fully saturated rings. The third-order valence-electron chi connectivity index (χ3n) is 5.27. The fourth-order valence-corrected chi connectivity index (χ4v) is 7.16. The molecule has 1 atom stereocenters. The Labute approximate surface area is 212 Å². The zero-order valence-corrected chi connectivity index (χ0v) is 21.9. The van der Waals surface area contributed by atoms with Crippen molar-refractivity contribution in [1.82, 2.24) is 4.72 Å². The molecule has 3 aromatic carbocycles. The normalized spacial score (nSPS) is 12.8. The molecule has 0 saturated heterocycles. The molecule has 0 aliphatic rings. The molecule has 3 aromatic rings. The maximum absolute atomic E-state index is 13.8. The number of rotatable bonds is 11. The molecule has 3 rings (SSSR count). The molecule has 0 amide bonds. The van der Waals surface area contributed by atoms with Crippen molar-refractivity contribution in [1.29, 1.82) is 0 Å². The number of hydrogen-bond acceptors (Lipinski definition) is 8. The number of benzene rings is 3. The van der Waals surface area contributed by atoms with Gasteiger partial charge in [-0.3, -0.25) is 0 Å². The van der Waals surface area contributed by atoms with Gasteiger partial charge in [0.15, 0.2) is 9.84 Å². The second-order valence-electron chi connectivity index (χ2n) is 7.50. The summed E-state index contributed by atoms with van der Waals surface area (Å²) >= 11 is 3.34. The molecule has 0 aliphatic heterocycles. The molecule has 35 heavy (non-hydrogen) atoms. The SMILES string of the molecule is CCN([O-])c1ccccc1S(=O)(=O)C(CCNS(=O)(=O)c1ccccc1N=O)c1cccc(Br)c1. The van der Waals surface area contributed by atoms with Crippen LogP contribution < -0.4 is 9.79 Å². The molecule has 1 unspecified atom stereocenters. The van der Waals surface area contributed by atoms with Crippen LogP contribution in [0.2, 0.25) is 0 Å². The average molecular weight is 581 g/mol.